The summed E-state index contributed by atoms with van der Waals surface area (Å²) in [6.45, 7) is 0.510. The van der Waals surface area contributed by atoms with Crippen molar-refractivity contribution >= 4 is 0 Å². The lowest BCUT2D eigenvalue weighted by Crippen LogP contribution is -2.09. The molecule has 0 aliphatic heterocycles. The quantitative estimate of drug-likeness (QED) is 0.686. The highest BCUT2D eigenvalue weighted by Gasteiger charge is 2.28. The van der Waals surface area contributed by atoms with E-state index in [1.807, 2.05) is 0 Å². The number of nitrogens with two attached hydrogens (primary N) is 1. The third kappa shape index (κ3) is 1.34. The second kappa shape index (κ2) is 3.09. The minimum Gasteiger partial charge on any atom is -0.388 e. The van der Waals surface area contributed by atoms with Crippen molar-refractivity contribution in [2.45, 2.75) is 18.4 Å². The summed E-state index contributed by atoms with van der Waals surface area (Å²) < 4.78 is 12.8. The van der Waals surface area contributed by atoms with Crippen LogP contribution < -0.4 is 5.73 Å². The van der Waals surface area contributed by atoms with Crippen LogP contribution in [-0.2, 0) is 0 Å². The molecule has 0 heterocycles. The molecular weight excluding hydrogens is 169 g/mol. The van der Waals surface area contributed by atoms with Gasteiger partial charge in [-0.2, -0.15) is 0 Å². The Kier molecular flexibility index (Phi) is 2.06. The lowest BCUT2D eigenvalue weighted by atomic mass is 10.0. The van der Waals surface area contributed by atoms with Crippen LogP contribution in [0.3, 0.4) is 0 Å². The summed E-state index contributed by atoms with van der Waals surface area (Å²) in [6.07, 6.45) is 0.0780. The molecule has 1 aliphatic carbocycles. The van der Waals surface area contributed by atoms with Gasteiger partial charge in [0.1, 0.15) is 5.82 Å². The number of hydrogen-bond donors (Lipinski definition) is 2. The van der Waals surface area contributed by atoms with Gasteiger partial charge in [-0.05, 0) is 42.1 Å². The van der Waals surface area contributed by atoms with Crippen molar-refractivity contribution in [3.63, 3.8) is 0 Å². The maximum absolute atomic E-state index is 12.8. The molecule has 0 radical (unpaired) electrons. The van der Waals surface area contributed by atoms with Gasteiger partial charge in [0, 0.05) is 0 Å². The molecule has 3 heteroatoms. The van der Waals surface area contributed by atoms with Crippen LogP contribution in [0, 0.1) is 5.82 Å². The van der Waals surface area contributed by atoms with Crippen LogP contribution in [0.4, 0.5) is 4.39 Å². The number of aliphatic hydroxyl groups excluding tert-OH is 1. The average Bonchev–Trinajstić information content (AvgIpc) is 2.43. The fourth-order valence-corrected chi connectivity index (χ4v) is 1.95. The van der Waals surface area contributed by atoms with Crippen molar-refractivity contribution in [2.75, 3.05) is 6.54 Å². The van der Waals surface area contributed by atoms with Crippen LogP contribution in [-0.4, -0.2) is 11.7 Å². The van der Waals surface area contributed by atoms with E-state index in [-0.39, 0.29) is 11.7 Å². The molecular formula is C10H12FNO. The number of benzene rings is 1. The van der Waals surface area contributed by atoms with Crippen molar-refractivity contribution in [1.82, 2.24) is 0 Å². The number of aliphatic hydroxyl groups is 1. The number of fused-ring (bicyclic) bond motifs is 1. The Bertz CT molecular complexity index is 327. The Morgan fingerprint density at radius 3 is 2.92 bits per heavy atom. The first kappa shape index (κ1) is 8.66. The highest BCUT2D eigenvalue weighted by molar-refractivity contribution is 5.37. The van der Waals surface area contributed by atoms with E-state index in [0.717, 1.165) is 5.56 Å². The number of rotatable bonds is 1. The first-order valence-corrected chi connectivity index (χ1v) is 4.40. The molecule has 3 N–H and O–H groups in total. The van der Waals surface area contributed by atoms with Crippen LogP contribution in [0.25, 0.3) is 0 Å². The normalized spacial score (nSPS) is 26.1. The molecule has 0 amide bonds. The van der Waals surface area contributed by atoms with Gasteiger partial charge in [0.25, 0.3) is 0 Å². The summed E-state index contributed by atoms with van der Waals surface area (Å²) in [5.41, 5.74) is 7.24. The van der Waals surface area contributed by atoms with Crippen molar-refractivity contribution in [1.29, 1.82) is 0 Å². The average molecular weight is 181 g/mol. The predicted molar refractivity (Wildman–Crippen MR) is 47.8 cm³/mol. The molecule has 2 nitrogen and oxygen atoms in total. The Balaban J connectivity index is 2.46. The highest BCUT2D eigenvalue weighted by Crippen LogP contribution is 2.39. The molecule has 70 valence electrons. The molecule has 0 saturated carbocycles. The van der Waals surface area contributed by atoms with Gasteiger partial charge < -0.3 is 10.8 Å². The van der Waals surface area contributed by atoms with Gasteiger partial charge >= 0.3 is 0 Å². The molecule has 2 rings (SSSR count). The second-order valence-electron chi connectivity index (χ2n) is 3.46. The molecule has 1 aromatic rings. The van der Waals surface area contributed by atoms with Crippen molar-refractivity contribution in [3.05, 3.63) is 35.1 Å². The van der Waals surface area contributed by atoms with Crippen LogP contribution in [0.15, 0.2) is 18.2 Å². The van der Waals surface area contributed by atoms with E-state index in [4.69, 9.17) is 5.73 Å². The first-order chi connectivity index (χ1) is 6.22. The summed E-state index contributed by atoms with van der Waals surface area (Å²) in [5, 5.41) is 9.59. The highest BCUT2D eigenvalue weighted by atomic mass is 19.1. The molecule has 0 bridgehead atoms. The SMILES string of the molecule is NCC1CC(O)c2cc(F)ccc21. The summed E-state index contributed by atoms with van der Waals surface area (Å²) >= 11 is 0. The lowest BCUT2D eigenvalue weighted by molar-refractivity contribution is 0.173. The summed E-state index contributed by atoms with van der Waals surface area (Å²) in [7, 11) is 0. The Morgan fingerprint density at radius 1 is 1.46 bits per heavy atom. The van der Waals surface area contributed by atoms with Gasteiger partial charge in [0.2, 0.25) is 0 Å². The molecule has 0 fully saturated rings. The standard InChI is InChI=1S/C10H12FNO/c11-7-1-2-8-6(5-12)3-10(13)9(8)4-7/h1-2,4,6,10,13H,3,5,12H2. The van der Waals surface area contributed by atoms with Crippen LogP contribution in [0.2, 0.25) is 0 Å². The number of halogens is 1. The lowest BCUT2D eigenvalue weighted by Gasteiger charge is -2.06. The molecule has 2 atom stereocenters. The minimum absolute atomic E-state index is 0.186. The van der Waals surface area contributed by atoms with E-state index in [9.17, 15) is 9.50 Å². The van der Waals surface area contributed by atoms with Gasteiger partial charge in [-0.25, -0.2) is 4.39 Å². The Morgan fingerprint density at radius 2 is 2.23 bits per heavy atom. The van der Waals surface area contributed by atoms with E-state index in [1.165, 1.54) is 12.1 Å². The van der Waals surface area contributed by atoms with E-state index in [0.29, 0.717) is 18.5 Å². The third-order valence-corrected chi connectivity index (χ3v) is 2.64. The van der Waals surface area contributed by atoms with E-state index < -0.39 is 6.10 Å². The van der Waals surface area contributed by atoms with Crippen molar-refractivity contribution in [2.24, 2.45) is 5.73 Å². The van der Waals surface area contributed by atoms with Crippen LogP contribution in [0.5, 0.6) is 0 Å². The molecule has 0 saturated heterocycles. The summed E-state index contributed by atoms with van der Waals surface area (Å²) in [6, 6.07) is 4.54. The molecule has 2 unspecified atom stereocenters. The monoisotopic (exact) mass is 181 g/mol. The van der Waals surface area contributed by atoms with E-state index >= 15 is 0 Å². The van der Waals surface area contributed by atoms with E-state index in [1.54, 1.807) is 6.07 Å². The fraction of sp³-hybridized carbons (Fsp3) is 0.400. The van der Waals surface area contributed by atoms with Crippen LogP contribution >= 0.6 is 0 Å². The summed E-state index contributed by atoms with van der Waals surface area (Å²) in [4.78, 5) is 0. The minimum atomic E-state index is -0.542. The van der Waals surface area contributed by atoms with Gasteiger partial charge in [-0.15, -0.1) is 0 Å². The van der Waals surface area contributed by atoms with Crippen LogP contribution in [0.1, 0.15) is 29.6 Å². The smallest absolute Gasteiger partial charge is 0.123 e. The molecule has 0 spiro atoms. The maximum Gasteiger partial charge on any atom is 0.123 e. The fourth-order valence-electron chi connectivity index (χ4n) is 1.95. The van der Waals surface area contributed by atoms with Crippen molar-refractivity contribution in [3.8, 4) is 0 Å². The Hall–Kier alpha value is -0.930. The van der Waals surface area contributed by atoms with Gasteiger partial charge in [-0.3, -0.25) is 0 Å². The zero-order chi connectivity index (χ0) is 9.42. The third-order valence-electron chi connectivity index (χ3n) is 2.64. The zero-order valence-electron chi connectivity index (χ0n) is 7.20. The van der Waals surface area contributed by atoms with Gasteiger partial charge in [-0.1, -0.05) is 6.07 Å². The maximum atomic E-state index is 12.8. The zero-order valence-corrected chi connectivity index (χ0v) is 7.20. The topological polar surface area (TPSA) is 46.2 Å². The molecule has 1 aliphatic rings. The van der Waals surface area contributed by atoms with Gasteiger partial charge in [0.05, 0.1) is 6.10 Å². The molecule has 1 aromatic carbocycles. The largest absolute Gasteiger partial charge is 0.388 e. The predicted octanol–water partition coefficient (Wildman–Crippen LogP) is 1.31. The molecule has 0 aromatic heterocycles. The Labute approximate surface area is 76.2 Å². The first-order valence-electron chi connectivity index (χ1n) is 4.40. The molecule has 13 heavy (non-hydrogen) atoms. The van der Waals surface area contributed by atoms with Crippen molar-refractivity contribution < 1.29 is 9.50 Å². The number of hydrogen-bond acceptors (Lipinski definition) is 2. The van der Waals surface area contributed by atoms with Gasteiger partial charge in [0.15, 0.2) is 0 Å². The summed E-state index contributed by atoms with van der Waals surface area (Å²) in [5.74, 6) is -0.110. The second-order valence-corrected chi connectivity index (χ2v) is 3.46. The van der Waals surface area contributed by atoms with E-state index in [2.05, 4.69) is 0 Å².